The first kappa shape index (κ1) is 14.2. The van der Waals surface area contributed by atoms with Crippen LogP contribution < -0.4 is 0 Å². The van der Waals surface area contributed by atoms with Crippen molar-refractivity contribution >= 4 is 23.3 Å². The number of thiazole rings is 1. The van der Waals surface area contributed by atoms with E-state index in [1.165, 1.54) is 30.6 Å². The van der Waals surface area contributed by atoms with Gasteiger partial charge in [-0.3, -0.25) is 0 Å². The average molecular weight is 291 g/mol. The molecule has 1 N–H and O–H groups in total. The minimum Gasteiger partial charge on any atom is -0.478 e. The van der Waals surface area contributed by atoms with E-state index < -0.39 is 11.9 Å². The van der Waals surface area contributed by atoms with Crippen molar-refractivity contribution in [2.45, 2.75) is 13.3 Å². The summed E-state index contributed by atoms with van der Waals surface area (Å²) < 4.78 is 4.71. The van der Waals surface area contributed by atoms with Crippen molar-refractivity contribution in [3.63, 3.8) is 0 Å². The molecule has 0 radical (unpaired) electrons. The lowest BCUT2D eigenvalue weighted by Crippen LogP contribution is -2.04. The number of esters is 1. The van der Waals surface area contributed by atoms with Gasteiger partial charge in [0.2, 0.25) is 0 Å². The SMILES string of the molecule is CCc1sc(-c2ccc(C(=O)O)cc2)nc1C(=O)OC. The van der Waals surface area contributed by atoms with Crippen LogP contribution in [0.4, 0.5) is 0 Å². The number of carbonyl (C=O) groups is 2. The minimum atomic E-state index is -0.972. The van der Waals surface area contributed by atoms with Crippen molar-refractivity contribution in [3.05, 3.63) is 40.4 Å². The normalized spacial score (nSPS) is 10.3. The number of nitrogens with zero attached hydrogens (tertiary/aromatic N) is 1. The van der Waals surface area contributed by atoms with Crippen molar-refractivity contribution in [1.29, 1.82) is 0 Å². The van der Waals surface area contributed by atoms with Crippen molar-refractivity contribution in [2.24, 2.45) is 0 Å². The van der Waals surface area contributed by atoms with E-state index in [0.717, 1.165) is 10.4 Å². The second kappa shape index (κ2) is 5.83. The largest absolute Gasteiger partial charge is 0.478 e. The van der Waals surface area contributed by atoms with Crippen molar-refractivity contribution in [1.82, 2.24) is 4.98 Å². The molecule has 0 aliphatic carbocycles. The molecule has 1 aromatic heterocycles. The third-order valence-electron chi connectivity index (χ3n) is 2.78. The van der Waals surface area contributed by atoms with Gasteiger partial charge in [-0.25, -0.2) is 14.6 Å². The molecule has 2 rings (SSSR count). The van der Waals surface area contributed by atoms with E-state index in [9.17, 15) is 9.59 Å². The number of aromatic nitrogens is 1. The number of carboxylic acid groups (broad SMARTS) is 1. The van der Waals surface area contributed by atoms with Crippen LogP contribution in [-0.2, 0) is 11.2 Å². The van der Waals surface area contributed by atoms with Crippen molar-refractivity contribution in [2.75, 3.05) is 7.11 Å². The summed E-state index contributed by atoms with van der Waals surface area (Å²) in [5.41, 5.74) is 1.33. The number of benzene rings is 1. The summed E-state index contributed by atoms with van der Waals surface area (Å²) in [5, 5.41) is 9.54. The Labute approximate surface area is 119 Å². The van der Waals surface area contributed by atoms with Gasteiger partial charge < -0.3 is 9.84 Å². The maximum absolute atomic E-state index is 11.6. The predicted octanol–water partition coefficient (Wildman–Crippen LogP) is 2.86. The topological polar surface area (TPSA) is 76.5 Å². The van der Waals surface area contributed by atoms with Gasteiger partial charge in [0, 0.05) is 10.4 Å². The molecule has 5 nitrogen and oxygen atoms in total. The lowest BCUT2D eigenvalue weighted by atomic mass is 10.1. The van der Waals surface area contributed by atoms with Gasteiger partial charge in [-0.15, -0.1) is 11.3 Å². The highest BCUT2D eigenvalue weighted by Gasteiger charge is 2.18. The van der Waals surface area contributed by atoms with E-state index in [-0.39, 0.29) is 5.56 Å². The van der Waals surface area contributed by atoms with E-state index in [2.05, 4.69) is 4.98 Å². The number of hydrogen-bond acceptors (Lipinski definition) is 5. The molecule has 1 heterocycles. The summed E-state index contributed by atoms with van der Waals surface area (Å²) in [5.74, 6) is -1.42. The number of aromatic carboxylic acids is 1. The lowest BCUT2D eigenvalue weighted by Gasteiger charge is -1.97. The zero-order valence-electron chi connectivity index (χ0n) is 11.0. The van der Waals surface area contributed by atoms with Gasteiger partial charge in [0.25, 0.3) is 0 Å². The molecular formula is C14H13NO4S. The molecular weight excluding hydrogens is 278 g/mol. The Balaban J connectivity index is 2.40. The van der Waals surface area contributed by atoms with E-state index in [1.807, 2.05) is 6.92 Å². The monoisotopic (exact) mass is 291 g/mol. The molecule has 0 atom stereocenters. The summed E-state index contributed by atoms with van der Waals surface area (Å²) in [7, 11) is 1.32. The fourth-order valence-electron chi connectivity index (χ4n) is 1.73. The predicted molar refractivity (Wildman–Crippen MR) is 75.2 cm³/mol. The van der Waals surface area contributed by atoms with E-state index in [1.54, 1.807) is 12.1 Å². The van der Waals surface area contributed by atoms with Gasteiger partial charge in [0.15, 0.2) is 5.69 Å². The van der Waals surface area contributed by atoms with Gasteiger partial charge >= 0.3 is 11.9 Å². The van der Waals surface area contributed by atoms with Crippen LogP contribution in [-0.4, -0.2) is 29.1 Å². The van der Waals surface area contributed by atoms with Gasteiger partial charge in [0.05, 0.1) is 12.7 Å². The van der Waals surface area contributed by atoms with Crippen LogP contribution in [0.25, 0.3) is 10.6 Å². The number of hydrogen-bond donors (Lipinski definition) is 1. The maximum Gasteiger partial charge on any atom is 0.357 e. The highest BCUT2D eigenvalue weighted by molar-refractivity contribution is 7.15. The van der Waals surface area contributed by atoms with Crippen LogP contribution in [0.2, 0.25) is 0 Å². The lowest BCUT2D eigenvalue weighted by molar-refractivity contribution is 0.0593. The number of aryl methyl sites for hydroxylation is 1. The molecule has 0 aliphatic heterocycles. The highest BCUT2D eigenvalue weighted by atomic mass is 32.1. The number of methoxy groups -OCH3 is 1. The van der Waals surface area contributed by atoms with Crippen LogP contribution in [0.15, 0.2) is 24.3 Å². The molecule has 2 aromatic rings. The Hall–Kier alpha value is -2.21. The summed E-state index contributed by atoms with van der Waals surface area (Å²) in [6, 6.07) is 6.40. The fourth-order valence-corrected chi connectivity index (χ4v) is 2.72. The molecule has 0 amide bonds. The molecule has 0 saturated carbocycles. The number of ether oxygens (including phenoxy) is 1. The smallest absolute Gasteiger partial charge is 0.357 e. The quantitative estimate of drug-likeness (QED) is 0.876. The Kier molecular flexibility index (Phi) is 4.14. The van der Waals surface area contributed by atoms with Gasteiger partial charge in [0.1, 0.15) is 5.01 Å². The number of rotatable bonds is 4. The Morgan fingerprint density at radius 2 is 1.95 bits per heavy atom. The molecule has 0 saturated heterocycles. The first-order chi connectivity index (χ1) is 9.56. The second-order valence-corrected chi connectivity index (χ2v) is 5.10. The fraction of sp³-hybridized carbons (Fsp3) is 0.214. The summed E-state index contributed by atoms with van der Waals surface area (Å²) in [4.78, 5) is 27.6. The van der Waals surface area contributed by atoms with Crippen molar-refractivity contribution in [3.8, 4) is 10.6 Å². The second-order valence-electron chi connectivity index (χ2n) is 4.02. The van der Waals surface area contributed by atoms with Crippen LogP contribution in [0.3, 0.4) is 0 Å². The highest BCUT2D eigenvalue weighted by Crippen LogP contribution is 2.29. The molecule has 104 valence electrons. The number of carbonyl (C=O) groups excluding carboxylic acids is 1. The average Bonchev–Trinajstić information content (AvgIpc) is 2.90. The van der Waals surface area contributed by atoms with Crippen LogP contribution >= 0.6 is 11.3 Å². The Morgan fingerprint density at radius 1 is 1.30 bits per heavy atom. The molecule has 0 spiro atoms. The third-order valence-corrected chi connectivity index (χ3v) is 4.02. The Bertz CT molecular complexity index is 646. The van der Waals surface area contributed by atoms with Gasteiger partial charge in [-0.1, -0.05) is 19.1 Å². The van der Waals surface area contributed by atoms with E-state index >= 15 is 0 Å². The first-order valence-corrected chi connectivity index (χ1v) is 6.80. The molecule has 6 heteroatoms. The van der Waals surface area contributed by atoms with E-state index in [0.29, 0.717) is 17.1 Å². The molecule has 0 unspecified atom stereocenters. The van der Waals surface area contributed by atoms with Crippen LogP contribution in [0, 0.1) is 0 Å². The summed E-state index contributed by atoms with van der Waals surface area (Å²) in [6.07, 6.45) is 0.690. The molecule has 20 heavy (non-hydrogen) atoms. The van der Waals surface area contributed by atoms with Crippen LogP contribution in [0.1, 0.15) is 32.6 Å². The van der Waals surface area contributed by atoms with Crippen LogP contribution in [0.5, 0.6) is 0 Å². The standard InChI is InChI=1S/C14H13NO4S/c1-3-10-11(14(18)19-2)15-12(20-10)8-4-6-9(7-5-8)13(16)17/h4-7H,3H2,1-2H3,(H,16,17). The molecule has 1 aromatic carbocycles. The molecule has 0 bridgehead atoms. The van der Waals surface area contributed by atoms with Gasteiger partial charge in [-0.2, -0.15) is 0 Å². The van der Waals surface area contributed by atoms with E-state index in [4.69, 9.17) is 9.84 Å². The number of carboxylic acids is 1. The summed E-state index contributed by atoms with van der Waals surface area (Å²) in [6.45, 7) is 1.94. The maximum atomic E-state index is 11.6. The zero-order chi connectivity index (χ0) is 14.7. The Morgan fingerprint density at radius 3 is 2.45 bits per heavy atom. The third kappa shape index (κ3) is 2.70. The molecule has 0 fully saturated rings. The van der Waals surface area contributed by atoms with Crippen molar-refractivity contribution < 1.29 is 19.4 Å². The summed E-state index contributed by atoms with van der Waals surface area (Å²) >= 11 is 1.41. The van der Waals surface area contributed by atoms with Gasteiger partial charge in [-0.05, 0) is 18.6 Å². The minimum absolute atomic E-state index is 0.217. The molecule has 0 aliphatic rings. The first-order valence-electron chi connectivity index (χ1n) is 5.98. The zero-order valence-corrected chi connectivity index (χ0v) is 11.9.